The third-order valence-corrected chi connectivity index (χ3v) is 7.17. The van der Waals surface area contributed by atoms with E-state index in [1.165, 1.54) is 0 Å². The second-order valence-electron chi connectivity index (χ2n) is 9.47. The van der Waals surface area contributed by atoms with E-state index in [4.69, 9.17) is 0 Å². The molecule has 178 valence electrons. The van der Waals surface area contributed by atoms with Gasteiger partial charge in [-0.1, -0.05) is 48.5 Å². The quantitative estimate of drug-likeness (QED) is 0.735. The number of likely N-dealkylation sites (tertiary alicyclic amines) is 1. The molecule has 0 bridgehead atoms. The second-order valence-corrected chi connectivity index (χ2v) is 9.47. The molecule has 3 aliphatic heterocycles. The average molecular weight is 462 g/mol. The van der Waals surface area contributed by atoms with Crippen molar-refractivity contribution in [2.75, 3.05) is 51.3 Å². The molecule has 8 heteroatoms. The molecule has 3 heterocycles. The highest BCUT2D eigenvalue weighted by Gasteiger charge is 2.51. The Morgan fingerprint density at radius 1 is 0.882 bits per heavy atom. The van der Waals surface area contributed by atoms with Gasteiger partial charge in [0.25, 0.3) is 0 Å². The van der Waals surface area contributed by atoms with Crippen molar-refractivity contribution < 1.29 is 14.4 Å². The van der Waals surface area contributed by atoms with E-state index >= 15 is 0 Å². The molecule has 1 N–H and O–H groups in total. The van der Waals surface area contributed by atoms with Crippen molar-refractivity contribution in [3.63, 3.8) is 0 Å². The number of amides is 3. The molecule has 0 saturated carbocycles. The summed E-state index contributed by atoms with van der Waals surface area (Å²) in [5.41, 5.74) is 5.14. The molecular weight excluding hydrogens is 430 g/mol. The maximum Gasteiger partial charge on any atom is 0.247 e. The van der Waals surface area contributed by atoms with E-state index in [2.05, 4.69) is 10.3 Å². The van der Waals surface area contributed by atoms with Crippen molar-refractivity contribution in [3.05, 3.63) is 66.2 Å². The summed E-state index contributed by atoms with van der Waals surface area (Å²) in [6.45, 7) is 3.36. The Kier molecular flexibility index (Phi) is 6.34. The first-order valence-corrected chi connectivity index (χ1v) is 12.0. The van der Waals surface area contributed by atoms with Crippen molar-refractivity contribution in [2.45, 2.75) is 12.5 Å². The van der Waals surface area contributed by atoms with Crippen LogP contribution in [0.2, 0.25) is 0 Å². The van der Waals surface area contributed by atoms with Crippen LogP contribution in [0.4, 0.5) is 5.69 Å². The second kappa shape index (κ2) is 9.56. The molecule has 34 heavy (non-hydrogen) atoms. The van der Waals surface area contributed by atoms with Gasteiger partial charge in [0, 0.05) is 39.3 Å². The highest BCUT2D eigenvalue weighted by Crippen LogP contribution is 2.32. The van der Waals surface area contributed by atoms with Crippen LogP contribution in [0.15, 0.2) is 60.7 Å². The summed E-state index contributed by atoms with van der Waals surface area (Å²) in [6.07, 6.45) is 0.382. The van der Waals surface area contributed by atoms with E-state index in [0.717, 1.165) is 11.3 Å². The van der Waals surface area contributed by atoms with Gasteiger partial charge in [0.05, 0.1) is 30.0 Å². The Morgan fingerprint density at radius 3 is 2.18 bits per heavy atom. The van der Waals surface area contributed by atoms with Crippen molar-refractivity contribution in [3.8, 4) is 0 Å². The van der Waals surface area contributed by atoms with Gasteiger partial charge in [-0.2, -0.15) is 0 Å². The topological polar surface area (TPSA) is 76.2 Å². The highest BCUT2D eigenvalue weighted by molar-refractivity contribution is 5.98. The molecule has 8 nitrogen and oxygen atoms in total. The number of benzene rings is 2. The summed E-state index contributed by atoms with van der Waals surface area (Å²) in [7, 11) is 1.97. The minimum Gasteiger partial charge on any atom is -0.339 e. The first-order chi connectivity index (χ1) is 16.5. The number of anilines is 1. The third kappa shape index (κ3) is 4.43. The fourth-order valence-electron chi connectivity index (χ4n) is 5.35. The fourth-order valence-corrected chi connectivity index (χ4v) is 5.35. The number of piperidine rings is 1. The van der Waals surface area contributed by atoms with E-state index in [9.17, 15) is 14.4 Å². The molecule has 0 spiro atoms. The number of hydrazine groups is 1. The zero-order valence-electron chi connectivity index (χ0n) is 19.5. The van der Waals surface area contributed by atoms with E-state index in [1.807, 2.05) is 77.5 Å². The molecule has 3 fully saturated rings. The van der Waals surface area contributed by atoms with Crippen molar-refractivity contribution in [1.82, 2.24) is 20.1 Å². The molecule has 3 atom stereocenters. The number of fused-ring (bicyclic) bond motifs is 1. The number of para-hydroxylation sites is 1. The number of hydrogen-bond acceptors (Lipinski definition) is 5. The standard InChI is InChI=1S/C26H31N5O3/c1-28-17-21(24-22(18-28)26(34)31(27-24)20-10-6-3-7-11-20)25(33)30-14-12-29(13-15-30)23(32)16-19-8-4-2-5-9-19/h2-11,21-22,24,27H,12-18H2,1H3. The molecule has 0 radical (unpaired) electrons. The molecular formula is C26H31N5O3. The highest BCUT2D eigenvalue weighted by atomic mass is 16.2. The number of hydrogen-bond donors (Lipinski definition) is 1. The zero-order chi connectivity index (χ0) is 23.7. The molecule has 0 aromatic heterocycles. The predicted molar refractivity (Wildman–Crippen MR) is 129 cm³/mol. The number of carbonyl (C=O) groups is 3. The van der Waals surface area contributed by atoms with Crippen LogP contribution in [0.25, 0.3) is 0 Å². The van der Waals surface area contributed by atoms with Crippen molar-refractivity contribution in [1.29, 1.82) is 0 Å². The van der Waals surface area contributed by atoms with E-state index in [-0.39, 0.29) is 35.6 Å². The van der Waals surface area contributed by atoms with Gasteiger partial charge in [-0.15, -0.1) is 0 Å². The van der Waals surface area contributed by atoms with Crippen LogP contribution in [0, 0.1) is 11.8 Å². The number of rotatable bonds is 4. The fraction of sp³-hybridized carbons (Fsp3) is 0.423. The van der Waals surface area contributed by atoms with Crippen LogP contribution in [0.3, 0.4) is 0 Å². The van der Waals surface area contributed by atoms with Gasteiger partial charge >= 0.3 is 0 Å². The molecule has 3 saturated heterocycles. The zero-order valence-corrected chi connectivity index (χ0v) is 19.5. The SMILES string of the molecule is CN1CC(C(=O)N2CCN(C(=O)Cc3ccccc3)CC2)C2NN(c3ccccc3)C(=O)C2C1. The lowest BCUT2D eigenvalue weighted by Crippen LogP contribution is -2.59. The molecule has 2 aromatic carbocycles. The van der Waals surface area contributed by atoms with Gasteiger partial charge in [-0.25, -0.2) is 10.4 Å². The third-order valence-electron chi connectivity index (χ3n) is 7.17. The lowest BCUT2D eigenvalue weighted by atomic mass is 9.84. The lowest BCUT2D eigenvalue weighted by Gasteiger charge is -2.41. The number of nitrogens with one attached hydrogen (secondary N) is 1. The Morgan fingerprint density at radius 2 is 1.50 bits per heavy atom. The minimum atomic E-state index is -0.312. The van der Waals surface area contributed by atoms with E-state index in [0.29, 0.717) is 45.7 Å². The van der Waals surface area contributed by atoms with Gasteiger partial charge in [0.2, 0.25) is 17.7 Å². The Bertz CT molecular complexity index is 1040. The van der Waals surface area contributed by atoms with Crippen molar-refractivity contribution in [2.24, 2.45) is 11.8 Å². The van der Waals surface area contributed by atoms with Crippen LogP contribution in [0.1, 0.15) is 5.56 Å². The Balaban J connectivity index is 1.23. The van der Waals surface area contributed by atoms with Crippen LogP contribution in [0.5, 0.6) is 0 Å². The maximum atomic E-state index is 13.6. The van der Waals surface area contributed by atoms with E-state index in [1.54, 1.807) is 5.01 Å². The van der Waals surface area contributed by atoms with Gasteiger partial charge in [-0.05, 0) is 24.7 Å². The molecule has 3 unspecified atom stereocenters. The lowest BCUT2D eigenvalue weighted by molar-refractivity contribution is -0.144. The summed E-state index contributed by atoms with van der Waals surface area (Å²) in [4.78, 5) is 45.3. The largest absolute Gasteiger partial charge is 0.339 e. The van der Waals surface area contributed by atoms with Gasteiger partial charge < -0.3 is 14.7 Å². The molecule has 3 amide bonds. The number of nitrogens with zero attached hydrogens (tertiary/aromatic N) is 4. The maximum absolute atomic E-state index is 13.6. The summed E-state index contributed by atoms with van der Waals surface area (Å²) >= 11 is 0. The number of piperazine rings is 1. The Hall–Kier alpha value is -3.23. The molecule has 5 rings (SSSR count). The predicted octanol–water partition coefficient (Wildman–Crippen LogP) is 0.998. The van der Waals surface area contributed by atoms with Gasteiger partial charge in [0.15, 0.2) is 0 Å². The Labute approximate surface area is 200 Å². The first-order valence-electron chi connectivity index (χ1n) is 12.0. The molecule has 3 aliphatic rings. The summed E-state index contributed by atoms with van der Waals surface area (Å²) < 4.78 is 0. The van der Waals surface area contributed by atoms with Gasteiger partial charge in [0.1, 0.15) is 0 Å². The summed E-state index contributed by atoms with van der Waals surface area (Å²) in [5, 5.41) is 1.61. The smallest absolute Gasteiger partial charge is 0.247 e. The molecule has 0 aliphatic carbocycles. The van der Waals surface area contributed by atoms with Crippen LogP contribution in [-0.4, -0.2) is 84.8 Å². The van der Waals surface area contributed by atoms with Crippen LogP contribution < -0.4 is 10.4 Å². The monoisotopic (exact) mass is 461 g/mol. The normalized spacial score (nSPS) is 25.4. The molecule has 2 aromatic rings. The summed E-state index contributed by atoms with van der Waals surface area (Å²) in [5.74, 6) is -0.407. The van der Waals surface area contributed by atoms with Crippen LogP contribution >= 0.6 is 0 Å². The van der Waals surface area contributed by atoms with E-state index < -0.39 is 0 Å². The van der Waals surface area contributed by atoms with Crippen LogP contribution in [-0.2, 0) is 20.8 Å². The van der Waals surface area contributed by atoms with Crippen molar-refractivity contribution >= 4 is 23.4 Å². The first kappa shape index (κ1) is 22.6. The summed E-state index contributed by atoms with van der Waals surface area (Å²) in [6, 6.07) is 19.0. The van der Waals surface area contributed by atoms with Gasteiger partial charge in [-0.3, -0.25) is 14.4 Å². The number of carbonyl (C=O) groups excluding carboxylic acids is 3. The average Bonchev–Trinajstić information content (AvgIpc) is 3.20. The minimum absolute atomic E-state index is 0.0110.